The van der Waals surface area contributed by atoms with Crippen LogP contribution in [0.25, 0.3) is 0 Å². The van der Waals surface area contributed by atoms with Gasteiger partial charge in [-0.05, 0) is 18.2 Å². The number of nitrogens with one attached hydrogen (secondary N) is 1. The second-order valence-corrected chi connectivity index (χ2v) is 5.02. The van der Waals surface area contributed by atoms with Crippen LogP contribution in [0.4, 0.5) is 4.39 Å². The molecule has 1 saturated heterocycles. The summed E-state index contributed by atoms with van der Waals surface area (Å²) in [7, 11) is 0. The minimum Gasteiger partial charge on any atom is -0.380 e. The molecule has 92 valence electrons. The van der Waals surface area contributed by atoms with Crippen molar-refractivity contribution in [2.45, 2.75) is 6.92 Å². The first-order valence-corrected chi connectivity index (χ1v) is 5.69. The maximum Gasteiger partial charge on any atom is 0.252 e. The van der Waals surface area contributed by atoms with Gasteiger partial charge in [-0.2, -0.15) is 0 Å². The van der Waals surface area contributed by atoms with E-state index in [1.165, 1.54) is 12.1 Å². The van der Waals surface area contributed by atoms with E-state index in [1.54, 1.807) is 0 Å². The smallest absolute Gasteiger partial charge is 0.252 e. The molecule has 1 aromatic rings. The standard InChI is InChI=1S/C12H13ClFNO2/c1-12(6-17-7-12)5-15-11(16)9-3-2-8(14)4-10(9)13/h2-4H,5-7H2,1H3,(H,15,16). The zero-order valence-electron chi connectivity index (χ0n) is 9.43. The Labute approximate surface area is 104 Å². The lowest BCUT2D eigenvalue weighted by molar-refractivity contribution is -0.0978. The fraction of sp³-hybridized carbons (Fsp3) is 0.417. The Hall–Kier alpha value is -1.13. The van der Waals surface area contributed by atoms with E-state index in [9.17, 15) is 9.18 Å². The molecular weight excluding hydrogens is 245 g/mol. The van der Waals surface area contributed by atoms with Crippen LogP contribution in [0.5, 0.6) is 0 Å². The Bertz CT molecular complexity index is 446. The quantitative estimate of drug-likeness (QED) is 0.902. The average molecular weight is 258 g/mol. The second-order valence-electron chi connectivity index (χ2n) is 4.61. The van der Waals surface area contributed by atoms with Crippen molar-refractivity contribution in [3.05, 3.63) is 34.6 Å². The van der Waals surface area contributed by atoms with Gasteiger partial charge in [-0.3, -0.25) is 4.79 Å². The SMILES string of the molecule is CC1(CNC(=O)c2ccc(F)cc2Cl)COC1. The molecule has 1 amide bonds. The van der Waals surface area contributed by atoms with Crippen LogP contribution in [0.2, 0.25) is 5.02 Å². The van der Waals surface area contributed by atoms with E-state index in [0.29, 0.717) is 19.8 Å². The van der Waals surface area contributed by atoms with Crippen molar-refractivity contribution in [2.24, 2.45) is 5.41 Å². The summed E-state index contributed by atoms with van der Waals surface area (Å²) >= 11 is 5.80. The molecule has 0 atom stereocenters. The van der Waals surface area contributed by atoms with Crippen molar-refractivity contribution in [3.63, 3.8) is 0 Å². The number of hydrogen-bond donors (Lipinski definition) is 1. The highest BCUT2D eigenvalue weighted by Crippen LogP contribution is 2.25. The monoisotopic (exact) mass is 257 g/mol. The Kier molecular flexibility index (Phi) is 3.35. The topological polar surface area (TPSA) is 38.3 Å². The van der Waals surface area contributed by atoms with E-state index < -0.39 is 5.82 Å². The van der Waals surface area contributed by atoms with Crippen LogP contribution in [0, 0.1) is 11.2 Å². The van der Waals surface area contributed by atoms with Gasteiger partial charge in [-0.15, -0.1) is 0 Å². The van der Waals surface area contributed by atoms with E-state index >= 15 is 0 Å². The van der Waals surface area contributed by atoms with E-state index in [-0.39, 0.29) is 21.9 Å². The molecule has 0 saturated carbocycles. The lowest BCUT2D eigenvalue weighted by Crippen LogP contribution is -2.48. The van der Waals surface area contributed by atoms with Crippen molar-refractivity contribution in [1.82, 2.24) is 5.32 Å². The van der Waals surface area contributed by atoms with Crippen molar-refractivity contribution < 1.29 is 13.9 Å². The van der Waals surface area contributed by atoms with Crippen molar-refractivity contribution in [1.29, 1.82) is 0 Å². The van der Waals surface area contributed by atoms with Gasteiger partial charge in [0.1, 0.15) is 5.82 Å². The number of benzene rings is 1. The normalized spacial score (nSPS) is 17.4. The highest BCUT2D eigenvalue weighted by atomic mass is 35.5. The first kappa shape index (κ1) is 12.3. The van der Waals surface area contributed by atoms with Gasteiger partial charge in [-0.25, -0.2) is 4.39 Å². The van der Waals surface area contributed by atoms with Crippen LogP contribution < -0.4 is 5.32 Å². The third-order valence-corrected chi connectivity index (χ3v) is 3.07. The Morgan fingerprint density at radius 1 is 1.59 bits per heavy atom. The van der Waals surface area contributed by atoms with Crippen LogP contribution in [0.1, 0.15) is 17.3 Å². The Balaban J connectivity index is 1.99. The van der Waals surface area contributed by atoms with E-state index in [2.05, 4.69) is 5.32 Å². The number of hydrogen-bond acceptors (Lipinski definition) is 2. The molecule has 0 aromatic heterocycles. The molecule has 0 radical (unpaired) electrons. The molecule has 2 rings (SSSR count). The molecule has 0 spiro atoms. The molecule has 1 aliphatic heterocycles. The van der Waals surface area contributed by atoms with Gasteiger partial charge >= 0.3 is 0 Å². The van der Waals surface area contributed by atoms with Gasteiger partial charge in [0.15, 0.2) is 0 Å². The minimum absolute atomic E-state index is 0.00215. The molecule has 1 heterocycles. The van der Waals surface area contributed by atoms with Crippen molar-refractivity contribution >= 4 is 17.5 Å². The molecular formula is C12H13ClFNO2. The first-order valence-electron chi connectivity index (χ1n) is 5.31. The lowest BCUT2D eigenvalue weighted by Gasteiger charge is -2.38. The molecule has 1 aliphatic rings. The van der Waals surface area contributed by atoms with Gasteiger partial charge in [0.25, 0.3) is 5.91 Å². The number of rotatable bonds is 3. The van der Waals surface area contributed by atoms with Crippen LogP contribution in [0.3, 0.4) is 0 Å². The van der Waals surface area contributed by atoms with Crippen LogP contribution >= 0.6 is 11.6 Å². The molecule has 5 heteroatoms. The van der Waals surface area contributed by atoms with Gasteiger partial charge < -0.3 is 10.1 Å². The zero-order valence-corrected chi connectivity index (χ0v) is 10.2. The van der Waals surface area contributed by atoms with Crippen molar-refractivity contribution in [2.75, 3.05) is 19.8 Å². The molecule has 0 unspecified atom stereocenters. The molecule has 1 aromatic carbocycles. The Morgan fingerprint density at radius 3 is 2.82 bits per heavy atom. The lowest BCUT2D eigenvalue weighted by atomic mass is 9.88. The molecule has 0 bridgehead atoms. The molecule has 1 N–H and O–H groups in total. The predicted molar refractivity (Wildman–Crippen MR) is 62.7 cm³/mol. The summed E-state index contributed by atoms with van der Waals surface area (Å²) in [5.41, 5.74) is 0.291. The maximum absolute atomic E-state index is 12.8. The second kappa shape index (κ2) is 4.63. The summed E-state index contributed by atoms with van der Waals surface area (Å²) in [6, 6.07) is 3.73. The van der Waals surface area contributed by atoms with E-state index in [1.807, 2.05) is 6.92 Å². The summed E-state index contributed by atoms with van der Waals surface area (Å²) in [5.74, 6) is -0.742. The fourth-order valence-corrected chi connectivity index (χ4v) is 1.87. The third kappa shape index (κ3) is 2.76. The van der Waals surface area contributed by atoms with E-state index in [0.717, 1.165) is 6.07 Å². The predicted octanol–water partition coefficient (Wildman–Crippen LogP) is 2.25. The number of carbonyl (C=O) groups is 1. The summed E-state index contributed by atoms with van der Waals surface area (Å²) in [4.78, 5) is 11.8. The van der Waals surface area contributed by atoms with Crippen LogP contribution in [-0.2, 0) is 4.74 Å². The third-order valence-electron chi connectivity index (χ3n) is 2.75. The number of halogens is 2. The molecule has 1 fully saturated rings. The van der Waals surface area contributed by atoms with Crippen LogP contribution in [0.15, 0.2) is 18.2 Å². The highest BCUT2D eigenvalue weighted by Gasteiger charge is 2.33. The first-order chi connectivity index (χ1) is 8.00. The van der Waals surface area contributed by atoms with E-state index in [4.69, 9.17) is 16.3 Å². The summed E-state index contributed by atoms with van der Waals surface area (Å²) in [6.07, 6.45) is 0. The summed E-state index contributed by atoms with van der Waals surface area (Å²) in [6.45, 7) is 3.84. The molecule has 3 nitrogen and oxygen atoms in total. The van der Waals surface area contributed by atoms with Gasteiger partial charge in [-0.1, -0.05) is 18.5 Å². The van der Waals surface area contributed by atoms with Gasteiger partial charge in [0.2, 0.25) is 0 Å². The zero-order chi connectivity index (χ0) is 12.5. The summed E-state index contributed by atoms with van der Waals surface area (Å²) < 4.78 is 17.9. The van der Waals surface area contributed by atoms with Gasteiger partial charge in [0.05, 0.1) is 23.8 Å². The van der Waals surface area contributed by atoms with Crippen molar-refractivity contribution in [3.8, 4) is 0 Å². The molecule has 0 aliphatic carbocycles. The average Bonchev–Trinajstić information content (AvgIpc) is 2.23. The maximum atomic E-state index is 12.8. The van der Waals surface area contributed by atoms with Gasteiger partial charge in [0, 0.05) is 12.0 Å². The number of amides is 1. The minimum atomic E-state index is -0.453. The number of carbonyl (C=O) groups excluding carboxylic acids is 1. The fourth-order valence-electron chi connectivity index (χ4n) is 1.62. The highest BCUT2D eigenvalue weighted by molar-refractivity contribution is 6.33. The largest absolute Gasteiger partial charge is 0.380 e. The number of ether oxygens (including phenoxy) is 1. The van der Waals surface area contributed by atoms with Crippen LogP contribution in [-0.4, -0.2) is 25.7 Å². The Morgan fingerprint density at radius 2 is 2.29 bits per heavy atom. The summed E-state index contributed by atoms with van der Waals surface area (Å²) in [5, 5.41) is 2.90. The molecule has 17 heavy (non-hydrogen) atoms.